The van der Waals surface area contributed by atoms with Crippen molar-refractivity contribution in [1.29, 1.82) is 0 Å². The molecule has 144 valence electrons. The summed E-state index contributed by atoms with van der Waals surface area (Å²) in [6, 6.07) is 5.52. The zero-order chi connectivity index (χ0) is 19.7. The van der Waals surface area contributed by atoms with Gasteiger partial charge >= 0.3 is 5.97 Å². The van der Waals surface area contributed by atoms with Gasteiger partial charge in [-0.3, -0.25) is 9.36 Å². The van der Waals surface area contributed by atoms with Gasteiger partial charge in [0.1, 0.15) is 11.5 Å². The van der Waals surface area contributed by atoms with Gasteiger partial charge < -0.3 is 19.1 Å². The van der Waals surface area contributed by atoms with E-state index in [9.17, 15) is 4.79 Å². The number of methoxy groups -OCH3 is 2. The van der Waals surface area contributed by atoms with Crippen LogP contribution in [0.3, 0.4) is 0 Å². The fourth-order valence-corrected chi connectivity index (χ4v) is 2.34. The van der Waals surface area contributed by atoms with Crippen LogP contribution in [0.2, 0.25) is 0 Å². The topological polar surface area (TPSA) is 82.1 Å². The molecule has 1 N–H and O–H groups in total. The molecule has 0 bridgehead atoms. The minimum atomic E-state index is -1.50. The summed E-state index contributed by atoms with van der Waals surface area (Å²) in [5, 5.41) is 0. The lowest BCUT2D eigenvalue weighted by atomic mass is 9.88. The largest absolute Gasteiger partial charge is 0.497 e. The first kappa shape index (κ1) is 23.6. The molecule has 0 saturated heterocycles. The van der Waals surface area contributed by atoms with E-state index in [1.807, 2.05) is 32.9 Å². The zero-order valence-electron chi connectivity index (χ0n) is 16.2. The molecule has 6 nitrogen and oxygen atoms in total. The van der Waals surface area contributed by atoms with Crippen molar-refractivity contribution in [3.8, 4) is 11.5 Å². The third-order valence-electron chi connectivity index (χ3n) is 4.00. The van der Waals surface area contributed by atoms with Gasteiger partial charge in [-0.05, 0) is 51.3 Å². The molecule has 7 heteroatoms. The van der Waals surface area contributed by atoms with Gasteiger partial charge in [0.2, 0.25) is 0 Å². The highest BCUT2D eigenvalue weighted by Crippen LogP contribution is 2.37. The van der Waals surface area contributed by atoms with Gasteiger partial charge in [0.15, 0.2) is 8.69 Å². The third kappa shape index (κ3) is 6.81. The molecule has 0 heterocycles. The smallest absolute Gasteiger partial charge is 0.316 e. The second-order valence-electron chi connectivity index (χ2n) is 6.55. The standard InChI is InChI=1S/C18H28O4.H3O2P/c1-8-18(9-2,21-7)13-10-14(20-6)12-15(11-13)22-16(19)17(3,4)5;1-3-2/h10-12H,8-9H2,1-7H3;3H2,(H,1,2). The highest BCUT2D eigenvalue weighted by Gasteiger charge is 2.30. The Hall–Kier alpha value is -1.36. The average molecular weight is 374 g/mol. The zero-order valence-corrected chi connectivity index (χ0v) is 17.4. The van der Waals surface area contributed by atoms with E-state index in [4.69, 9.17) is 23.7 Å². The van der Waals surface area contributed by atoms with Crippen molar-refractivity contribution in [3.63, 3.8) is 0 Å². The van der Waals surface area contributed by atoms with Crippen molar-refractivity contribution in [2.45, 2.75) is 53.1 Å². The lowest BCUT2D eigenvalue weighted by Crippen LogP contribution is -2.28. The van der Waals surface area contributed by atoms with Crippen LogP contribution in [0, 0.1) is 5.41 Å². The molecular formula is C18H31O6P. The van der Waals surface area contributed by atoms with E-state index >= 15 is 0 Å². The second-order valence-corrected chi connectivity index (χ2v) is 6.76. The molecule has 0 saturated carbocycles. The molecule has 0 aliphatic carbocycles. The Balaban J connectivity index is 0.00000178. The van der Waals surface area contributed by atoms with E-state index in [1.54, 1.807) is 20.3 Å². The van der Waals surface area contributed by atoms with Crippen LogP contribution in [0.1, 0.15) is 53.0 Å². The van der Waals surface area contributed by atoms with Gasteiger partial charge in [0.05, 0.1) is 18.1 Å². The second kappa shape index (κ2) is 10.6. The quantitative estimate of drug-likeness (QED) is 0.461. The van der Waals surface area contributed by atoms with Crippen LogP contribution in [0.15, 0.2) is 18.2 Å². The molecule has 0 aliphatic heterocycles. The van der Waals surface area contributed by atoms with Crippen LogP contribution in [-0.4, -0.2) is 25.1 Å². The lowest BCUT2D eigenvalue weighted by molar-refractivity contribution is -0.143. The third-order valence-corrected chi connectivity index (χ3v) is 4.00. The molecule has 0 amide bonds. The summed E-state index contributed by atoms with van der Waals surface area (Å²) >= 11 is 0. The first-order valence-electron chi connectivity index (χ1n) is 8.18. The lowest BCUT2D eigenvalue weighted by Gasteiger charge is -2.31. The molecule has 1 aromatic rings. The van der Waals surface area contributed by atoms with Crippen LogP contribution in [0.25, 0.3) is 0 Å². The minimum absolute atomic E-state index is 0.275. The summed E-state index contributed by atoms with van der Waals surface area (Å²) in [6.45, 7) is 9.64. The summed E-state index contributed by atoms with van der Waals surface area (Å²) in [5.74, 6) is 0.859. The Morgan fingerprint density at radius 1 is 1.08 bits per heavy atom. The normalized spacial score (nSPS) is 11.8. The van der Waals surface area contributed by atoms with E-state index in [1.165, 1.54) is 0 Å². The monoisotopic (exact) mass is 374 g/mol. The van der Waals surface area contributed by atoms with Crippen molar-refractivity contribution in [3.05, 3.63) is 23.8 Å². The number of carbonyl (C=O) groups excluding carboxylic acids is 1. The first-order valence-corrected chi connectivity index (χ1v) is 9.17. The fraction of sp³-hybridized carbons (Fsp3) is 0.611. The predicted octanol–water partition coefficient (Wildman–Crippen LogP) is 3.96. The van der Waals surface area contributed by atoms with Crippen molar-refractivity contribution in [2.24, 2.45) is 5.41 Å². The van der Waals surface area contributed by atoms with Crippen LogP contribution in [0.5, 0.6) is 11.5 Å². The predicted molar refractivity (Wildman–Crippen MR) is 100.0 cm³/mol. The highest BCUT2D eigenvalue weighted by atomic mass is 31.1. The fourth-order valence-electron chi connectivity index (χ4n) is 2.34. The molecule has 1 rings (SSSR count). The molecule has 0 radical (unpaired) electrons. The van der Waals surface area contributed by atoms with Crippen molar-refractivity contribution in [1.82, 2.24) is 0 Å². The molecule has 1 unspecified atom stereocenters. The van der Waals surface area contributed by atoms with E-state index in [0.717, 1.165) is 18.4 Å². The van der Waals surface area contributed by atoms with Gasteiger partial charge in [-0.1, -0.05) is 13.8 Å². The Morgan fingerprint density at radius 2 is 1.56 bits per heavy atom. The molecule has 0 aromatic heterocycles. The molecular weight excluding hydrogens is 343 g/mol. The summed E-state index contributed by atoms with van der Waals surface area (Å²) in [4.78, 5) is 19.2. The summed E-state index contributed by atoms with van der Waals surface area (Å²) in [5.41, 5.74) is -0.00908. The van der Waals surface area contributed by atoms with Crippen LogP contribution in [-0.2, 0) is 19.7 Å². The summed E-state index contributed by atoms with van der Waals surface area (Å²) in [6.07, 6.45) is 1.64. The van der Waals surface area contributed by atoms with E-state index in [0.29, 0.717) is 11.5 Å². The number of carbonyl (C=O) groups is 1. The maximum Gasteiger partial charge on any atom is 0.316 e. The number of ether oxygens (including phenoxy) is 3. The molecule has 1 atom stereocenters. The number of rotatable bonds is 6. The average Bonchev–Trinajstić information content (AvgIpc) is 2.56. The maximum absolute atomic E-state index is 12.1. The van der Waals surface area contributed by atoms with Gasteiger partial charge in [0, 0.05) is 13.2 Å². The van der Waals surface area contributed by atoms with Gasteiger partial charge in [-0.15, -0.1) is 0 Å². The van der Waals surface area contributed by atoms with Crippen molar-refractivity contribution < 1.29 is 28.5 Å². The van der Waals surface area contributed by atoms with Crippen LogP contribution < -0.4 is 9.47 Å². The molecule has 0 spiro atoms. The number of esters is 1. The molecule has 1 aromatic carbocycles. The van der Waals surface area contributed by atoms with E-state index in [-0.39, 0.29) is 5.97 Å². The van der Waals surface area contributed by atoms with Gasteiger partial charge in [-0.2, -0.15) is 0 Å². The Kier molecular flexibility index (Phi) is 10.0. The van der Waals surface area contributed by atoms with E-state index in [2.05, 4.69) is 13.8 Å². The Labute approximate surface area is 151 Å². The maximum atomic E-state index is 12.1. The van der Waals surface area contributed by atoms with Crippen molar-refractivity contribution >= 4 is 14.7 Å². The molecule has 25 heavy (non-hydrogen) atoms. The summed E-state index contributed by atoms with van der Waals surface area (Å²) < 4.78 is 25.2. The van der Waals surface area contributed by atoms with E-state index < -0.39 is 19.7 Å². The van der Waals surface area contributed by atoms with Crippen LogP contribution >= 0.6 is 8.69 Å². The number of hydrogen-bond donors (Lipinski definition) is 1. The molecule has 0 aliphatic rings. The highest BCUT2D eigenvalue weighted by molar-refractivity contribution is 7.16. The van der Waals surface area contributed by atoms with Crippen molar-refractivity contribution in [2.75, 3.05) is 14.2 Å². The minimum Gasteiger partial charge on any atom is -0.497 e. The first-order chi connectivity index (χ1) is 11.6. The van der Waals surface area contributed by atoms with Gasteiger partial charge in [0.25, 0.3) is 0 Å². The SMILES string of the molecule is CCC(CC)(OC)c1cc(OC)cc(OC(=O)C(C)(C)C)c1.O=[PH2]O. The Bertz CT molecular complexity index is 553. The number of hydrogen-bond acceptors (Lipinski definition) is 5. The number of benzene rings is 1. The van der Waals surface area contributed by atoms with Crippen LogP contribution in [0.4, 0.5) is 0 Å². The Morgan fingerprint density at radius 3 is 1.92 bits per heavy atom. The van der Waals surface area contributed by atoms with Gasteiger partial charge in [-0.25, -0.2) is 0 Å². The molecule has 0 fully saturated rings. The summed E-state index contributed by atoms with van der Waals surface area (Å²) in [7, 11) is 1.80.